The second kappa shape index (κ2) is 4.21. The minimum absolute atomic E-state index is 0.337. The topological polar surface area (TPSA) is 33.1 Å². The fourth-order valence-electron chi connectivity index (χ4n) is 0.116. The molecule has 0 saturated carbocycles. The van der Waals surface area contributed by atoms with Crippen LogP contribution >= 0.6 is 0 Å². The van der Waals surface area contributed by atoms with Crippen LogP contribution in [0.1, 0.15) is 0 Å². The third-order valence-corrected chi connectivity index (χ3v) is 0.297. The van der Waals surface area contributed by atoms with E-state index in [9.17, 15) is 0 Å². The quantitative estimate of drug-likeness (QED) is 0.307. The van der Waals surface area contributed by atoms with Gasteiger partial charge in [-0.3, -0.25) is 0 Å². The third-order valence-electron chi connectivity index (χ3n) is 0.297. The summed E-state index contributed by atoms with van der Waals surface area (Å²) in [5, 5.41) is 6.41. The first-order valence-corrected chi connectivity index (χ1v) is 1.63. The molecule has 0 rings (SSSR count). The van der Waals surface area contributed by atoms with Crippen LogP contribution in [0.4, 0.5) is 0 Å². The summed E-state index contributed by atoms with van der Waals surface area (Å²) in [6, 6.07) is 0. The Morgan fingerprint density at radius 1 is 1.83 bits per heavy atom. The maximum absolute atomic E-state index is 6.41. The molecule has 0 aromatic rings. The Morgan fingerprint density at radius 2 is 2.50 bits per heavy atom. The number of nitrogens with one attached hydrogen (secondary N) is 1. The fraction of sp³-hybridized carbons (Fsp3) is 0.250. The highest BCUT2D eigenvalue weighted by molar-refractivity contribution is 5.54. The summed E-state index contributed by atoms with van der Waals surface area (Å²) in [7, 11) is 0. The summed E-state index contributed by atoms with van der Waals surface area (Å²) in [4.78, 5) is 0. The van der Waals surface area contributed by atoms with Crippen LogP contribution in [-0.2, 0) is 4.74 Å². The first-order valence-electron chi connectivity index (χ1n) is 1.63. The molecule has 2 heteroatoms. The van der Waals surface area contributed by atoms with Gasteiger partial charge in [0, 0.05) is 6.21 Å². The number of hydrogen-bond acceptors (Lipinski definition) is 2. The molecule has 0 heterocycles. The van der Waals surface area contributed by atoms with Gasteiger partial charge < -0.3 is 10.1 Å². The highest BCUT2D eigenvalue weighted by Gasteiger charge is 1.63. The molecule has 0 radical (unpaired) electrons. The summed E-state index contributed by atoms with van der Waals surface area (Å²) in [5.41, 5.74) is 0. The standard InChI is InChI=1S/C4H7NO/c1-2-6-4-3-5/h2-3,5H,1,4H2. The molecule has 6 heavy (non-hydrogen) atoms. The second-order valence-corrected chi connectivity index (χ2v) is 0.704. The molecule has 34 valence electrons. The minimum atomic E-state index is 0.337. The van der Waals surface area contributed by atoms with Gasteiger partial charge in [0.05, 0.1) is 6.26 Å². The van der Waals surface area contributed by atoms with Crippen LogP contribution in [0.15, 0.2) is 12.8 Å². The Kier molecular flexibility index (Phi) is 3.66. The molecule has 0 aliphatic heterocycles. The van der Waals surface area contributed by atoms with E-state index >= 15 is 0 Å². The molecule has 0 spiro atoms. The number of hydrogen-bond donors (Lipinski definition) is 1. The van der Waals surface area contributed by atoms with Gasteiger partial charge in [-0.05, 0) is 0 Å². The zero-order chi connectivity index (χ0) is 4.83. The van der Waals surface area contributed by atoms with Gasteiger partial charge in [0.15, 0.2) is 0 Å². The number of rotatable bonds is 3. The lowest BCUT2D eigenvalue weighted by atomic mass is 10.8. The molecule has 0 amide bonds. The van der Waals surface area contributed by atoms with Crippen molar-refractivity contribution in [3.8, 4) is 0 Å². The van der Waals surface area contributed by atoms with Gasteiger partial charge in [-0.15, -0.1) is 0 Å². The first-order chi connectivity index (χ1) is 2.91. The maximum Gasteiger partial charge on any atom is 0.122 e. The minimum Gasteiger partial charge on any atom is -0.496 e. The Balaban J connectivity index is 2.66. The van der Waals surface area contributed by atoms with Crippen LogP contribution in [0.25, 0.3) is 0 Å². The van der Waals surface area contributed by atoms with E-state index in [-0.39, 0.29) is 0 Å². The molecule has 0 atom stereocenters. The number of ether oxygens (including phenoxy) is 1. The monoisotopic (exact) mass is 85.1 g/mol. The molecular formula is C4H7NO. The predicted molar refractivity (Wildman–Crippen MR) is 24.9 cm³/mol. The average Bonchev–Trinajstić information content (AvgIpc) is 1.61. The zero-order valence-corrected chi connectivity index (χ0v) is 3.48. The van der Waals surface area contributed by atoms with E-state index in [0.717, 1.165) is 0 Å². The molecular weight excluding hydrogens is 78.0 g/mol. The summed E-state index contributed by atoms with van der Waals surface area (Å²) < 4.78 is 4.50. The van der Waals surface area contributed by atoms with Crippen LogP contribution in [0.5, 0.6) is 0 Å². The van der Waals surface area contributed by atoms with E-state index < -0.39 is 0 Å². The predicted octanol–water partition coefficient (Wildman–Crippen LogP) is 0.796. The highest BCUT2D eigenvalue weighted by Crippen LogP contribution is 1.64. The van der Waals surface area contributed by atoms with E-state index in [1.165, 1.54) is 12.5 Å². The Hall–Kier alpha value is -0.790. The van der Waals surface area contributed by atoms with Crippen molar-refractivity contribution in [2.24, 2.45) is 0 Å². The Labute approximate surface area is 36.9 Å². The molecule has 0 aromatic carbocycles. The van der Waals surface area contributed by atoms with Gasteiger partial charge in [0.2, 0.25) is 0 Å². The van der Waals surface area contributed by atoms with Crippen LogP contribution in [0.2, 0.25) is 0 Å². The van der Waals surface area contributed by atoms with Crippen molar-refractivity contribution in [1.82, 2.24) is 0 Å². The molecule has 0 aliphatic rings. The smallest absolute Gasteiger partial charge is 0.122 e. The van der Waals surface area contributed by atoms with Gasteiger partial charge in [0.25, 0.3) is 0 Å². The van der Waals surface area contributed by atoms with Gasteiger partial charge in [-0.25, -0.2) is 0 Å². The van der Waals surface area contributed by atoms with Crippen molar-refractivity contribution in [3.63, 3.8) is 0 Å². The van der Waals surface area contributed by atoms with Gasteiger partial charge in [0.1, 0.15) is 6.61 Å². The van der Waals surface area contributed by atoms with Crippen molar-refractivity contribution < 1.29 is 4.74 Å². The second-order valence-electron chi connectivity index (χ2n) is 0.704. The molecule has 0 unspecified atom stereocenters. The molecule has 2 nitrogen and oxygen atoms in total. The van der Waals surface area contributed by atoms with Crippen molar-refractivity contribution in [2.45, 2.75) is 0 Å². The molecule has 0 aromatic heterocycles. The summed E-state index contributed by atoms with van der Waals surface area (Å²) in [5.74, 6) is 0. The van der Waals surface area contributed by atoms with Gasteiger partial charge in [-0.2, -0.15) is 0 Å². The van der Waals surface area contributed by atoms with E-state index in [1.807, 2.05) is 0 Å². The molecule has 1 N–H and O–H groups in total. The largest absolute Gasteiger partial charge is 0.496 e. The molecule has 0 aliphatic carbocycles. The van der Waals surface area contributed by atoms with E-state index in [0.29, 0.717) is 6.61 Å². The lowest BCUT2D eigenvalue weighted by Crippen LogP contribution is -1.83. The van der Waals surface area contributed by atoms with Crippen LogP contribution < -0.4 is 0 Å². The summed E-state index contributed by atoms with van der Waals surface area (Å²) >= 11 is 0. The van der Waals surface area contributed by atoms with E-state index in [4.69, 9.17) is 5.41 Å². The molecule has 0 saturated heterocycles. The summed E-state index contributed by atoms with van der Waals surface area (Å²) in [6.45, 7) is 3.61. The van der Waals surface area contributed by atoms with E-state index in [2.05, 4.69) is 11.3 Å². The lowest BCUT2D eigenvalue weighted by Gasteiger charge is -1.85. The van der Waals surface area contributed by atoms with Crippen LogP contribution in [0, 0.1) is 5.41 Å². The van der Waals surface area contributed by atoms with Crippen molar-refractivity contribution in [1.29, 1.82) is 5.41 Å². The molecule has 0 bridgehead atoms. The fourth-order valence-corrected chi connectivity index (χ4v) is 0.116. The Morgan fingerprint density at radius 3 is 2.67 bits per heavy atom. The summed E-state index contributed by atoms with van der Waals surface area (Å²) in [6.07, 6.45) is 2.48. The first kappa shape index (κ1) is 5.21. The maximum atomic E-state index is 6.41. The van der Waals surface area contributed by atoms with Crippen LogP contribution in [0.3, 0.4) is 0 Å². The van der Waals surface area contributed by atoms with Crippen molar-refractivity contribution in [3.05, 3.63) is 12.8 Å². The van der Waals surface area contributed by atoms with E-state index in [1.54, 1.807) is 0 Å². The third kappa shape index (κ3) is 3.21. The van der Waals surface area contributed by atoms with Gasteiger partial charge in [-0.1, -0.05) is 6.58 Å². The SMILES string of the molecule is C=COCC=N. The lowest BCUT2D eigenvalue weighted by molar-refractivity contribution is 0.307. The van der Waals surface area contributed by atoms with Crippen molar-refractivity contribution >= 4 is 6.21 Å². The highest BCUT2D eigenvalue weighted by atomic mass is 16.5. The normalized spacial score (nSPS) is 6.67. The van der Waals surface area contributed by atoms with Crippen molar-refractivity contribution in [2.75, 3.05) is 6.61 Å². The molecule has 0 fully saturated rings. The zero-order valence-electron chi connectivity index (χ0n) is 3.48. The Bertz CT molecular complexity index is 43.5. The van der Waals surface area contributed by atoms with Crippen LogP contribution in [-0.4, -0.2) is 12.8 Å². The van der Waals surface area contributed by atoms with Gasteiger partial charge >= 0.3 is 0 Å². The average molecular weight is 85.1 g/mol.